The largest absolute Gasteiger partial charge is 0.416 e. The van der Waals surface area contributed by atoms with E-state index in [0.717, 1.165) is 31.4 Å². The maximum Gasteiger partial charge on any atom is 0.416 e. The number of alkyl halides is 3. The molecule has 6 nitrogen and oxygen atoms in total. The minimum atomic E-state index is -4.37. The van der Waals surface area contributed by atoms with Crippen LogP contribution < -0.4 is 5.32 Å². The van der Waals surface area contributed by atoms with Gasteiger partial charge in [-0.2, -0.15) is 18.4 Å². The third-order valence-corrected chi connectivity index (χ3v) is 3.95. The lowest BCUT2D eigenvalue weighted by Crippen LogP contribution is -2.38. The zero-order valence-electron chi connectivity index (χ0n) is 14.5. The fourth-order valence-corrected chi connectivity index (χ4v) is 2.61. The van der Waals surface area contributed by atoms with E-state index in [2.05, 4.69) is 32.9 Å². The summed E-state index contributed by atoms with van der Waals surface area (Å²) < 4.78 is 38.0. The van der Waals surface area contributed by atoms with E-state index < -0.39 is 11.7 Å². The number of H-pyrrole nitrogens is 1. The first-order chi connectivity index (χ1) is 12.4. The number of benzene rings is 1. The van der Waals surface area contributed by atoms with Gasteiger partial charge >= 0.3 is 6.18 Å². The molecule has 0 bridgehead atoms. The summed E-state index contributed by atoms with van der Waals surface area (Å²) in [6.45, 7) is 2.06. The number of nitrogens with zero attached hydrogens (tertiary/aromatic N) is 3. The average Bonchev–Trinajstić information content (AvgIpc) is 3.07. The van der Waals surface area contributed by atoms with Crippen molar-refractivity contribution in [2.45, 2.75) is 57.7 Å². The molecule has 142 valence electrons. The lowest BCUT2D eigenvalue weighted by atomic mass is 10.0. The van der Waals surface area contributed by atoms with Gasteiger partial charge in [-0.05, 0) is 30.5 Å². The maximum absolute atomic E-state index is 12.7. The van der Waals surface area contributed by atoms with Crippen molar-refractivity contribution in [2.75, 3.05) is 0 Å². The van der Waals surface area contributed by atoms with E-state index in [9.17, 15) is 18.0 Å². The molecule has 2 N–H and O–H groups in total. The summed E-state index contributed by atoms with van der Waals surface area (Å²) in [5.41, 5.74) is -0.0000720. The number of aromatic amines is 1. The molecule has 2 aromatic rings. The van der Waals surface area contributed by atoms with Crippen LogP contribution in [0.25, 0.3) is 0 Å². The molecule has 0 saturated heterocycles. The number of carbonyl (C=O) groups excluding carboxylic acids is 1. The maximum atomic E-state index is 12.7. The van der Waals surface area contributed by atoms with Gasteiger partial charge in [-0.25, -0.2) is 0 Å². The molecule has 0 fully saturated rings. The third-order valence-electron chi connectivity index (χ3n) is 3.95. The van der Waals surface area contributed by atoms with E-state index in [-0.39, 0.29) is 11.9 Å². The third kappa shape index (κ3) is 6.45. The van der Waals surface area contributed by atoms with Crippen LogP contribution in [0.5, 0.6) is 0 Å². The normalized spacial score (nSPS) is 12.8. The molecule has 0 saturated carbocycles. The van der Waals surface area contributed by atoms with E-state index in [1.807, 2.05) is 0 Å². The van der Waals surface area contributed by atoms with Gasteiger partial charge in [0, 0.05) is 18.9 Å². The van der Waals surface area contributed by atoms with Crippen LogP contribution in [0.3, 0.4) is 0 Å². The lowest BCUT2D eigenvalue weighted by molar-refractivity contribution is -0.137. The number of hydrogen-bond donors (Lipinski definition) is 2. The van der Waals surface area contributed by atoms with Crippen molar-refractivity contribution in [3.63, 3.8) is 0 Å². The Morgan fingerprint density at radius 3 is 2.50 bits per heavy atom. The zero-order valence-corrected chi connectivity index (χ0v) is 14.5. The lowest BCUT2D eigenvalue weighted by Gasteiger charge is -2.18. The molecule has 9 heteroatoms. The molecule has 0 aliphatic carbocycles. The Balaban J connectivity index is 2.02. The first-order valence-corrected chi connectivity index (χ1v) is 8.56. The highest BCUT2D eigenvalue weighted by Gasteiger charge is 2.30. The Morgan fingerprint density at radius 1 is 1.19 bits per heavy atom. The molecule has 0 radical (unpaired) electrons. The SMILES string of the molecule is CCCCCC(=O)N[C@@H](Cc1ccc(C(F)(F)F)cc1)Cc1nn[nH]n1. The second-order valence-electron chi connectivity index (χ2n) is 6.15. The number of rotatable bonds is 9. The van der Waals surface area contributed by atoms with Crippen molar-refractivity contribution < 1.29 is 18.0 Å². The summed E-state index contributed by atoms with van der Waals surface area (Å²) in [4.78, 5) is 12.1. The van der Waals surface area contributed by atoms with Crippen molar-refractivity contribution in [2.24, 2.45) is 0 Å². The summed E-state index contributed by atoms with van der Waals surface area (Å²) in [7, 11) is 0. The fourth-order valence-electron chi connectivity index (χ4n) is 2.61. The first kappa shape index (κ1) is 19.9. The van der Waals surface area contributed by atoms with Crippen molar-refractivity contribution >= 4 is 5.91 Å². The Kier molecular flexibility index (Phi) is 7.11. The van der Waals surface area contributed by atoms with Crippen molar-refractivity contribution in [3.8, 4) is 0 Å². The zero-order chi connectivity index (χ0) is 19.0. The number of hydrogen-bond acceptors (Lipinski definition) is 4. The Bertz CT molecular complexity index is 671. The topological polar surface area (TPSA) is 83.6 Å². The van der Waals surface area contributed by atoms with E-state index in [0.29, 0.717) is 30.7 Å². The van der Waals surface area contributed by atoms with Crippen LogP contribution in [0.2, 0.25) is 0 Å². The van der Waals surface area contributed by atoms with Crippen molar-refractivity contribution in [1.29, 1.82) is 0 Å². The Hall–Kier alpha value is -2.45. The van der Waals surface area contributed by atoms with Crippen molar-refractivity contribution in [3.05, 3.63) is 41.2 Å². The quantitative estimate of drug-likeness (QED) is 0.666. The van der Waals surface area contributed by atoms with Crippen LogP contribution in [0.4, 0.5) is 13.2 Å². The van der Waals surface area contributed by atoms with Gasteiger partial charge in [0.25, 0.3) is 0 Å². The standard InChI is InChI=1S/C17H22F3N5O/c1-2-3-4-5-16(26)21-14(11-15-22-24-25-23-15)10-12-6-8-13(9-7-12)17(18,19)20/h6-9,14H,2-5,10-11H2,1H3,(H,21,26)(H,22,23,24,25)/t14-/m0/s1. The molecule has 0 aliphatic heterocycles. The minimum Gasteiger partial charge on any atom is -0.353 e. The summed E-state index contributed by atoms with van der Waals surface area (Å²) in [6, 6.07) is 4.62. The highest BCUT2D eigenvalue weighted by atomic mass is 19.4. The highest BCUT2D eigenvalue weighted by Crippen LogP contribution is 2.29. The first-order valence-electron chi connectivity index (χ1n) is 8.56. The van der Waals surface area contributed by atoms with Gasteiger partial charge < -0.3 is 5.32 Å². The van der Waals surface area contributed by atoms with Crippen LogP contribution >= 0.6 is 0 Å². The molecule has 1 heterocycles. The molecule has 0 unspecified atom stereocenters. The summed E-state index contributed by atoms with van der Waals surface area (Å²) in [5, 5.41) is 16.5. The summed E-state index contributed by atoms with van der Waals surface area (Å²) in [6.07, 6.45) is -0.423. The minimum absolute atomic E-state index is 0.0844. The molecule has 1 amide bonds. The Morgan fingerprint density at radius 2 is 1.92 bits per heavy atom. The molecule has 1 aromatic heterocycles. The molecule has 0 spiro atoms. The predicted molar refractivity (Wildman–Crippen MR) is 89.1 cm³/mol. The summed E-state index contributed by atoms with van der Waals surface area (Å²) >= 11 is 0. The smallest absolute Gasteiger partial charge is 0.353 e. The van der Waals surface area contributed by atoms with Crippen LogP contribution in [0.15, 0.2) is 24.3 Å². The molecule has 0 aliphatic rings. The van der Waals surface area contributed by atoms with Gasteiger partial charge in [-0.3, -0.25) is 4.79 Å². The molecule has 2 rings (SSSR count). The van der Waals surface area contributed by atoms with Crippen molar-refractivity contribution in [1.82, 2.24) is 25.9 Å². The number of amides is 1. The molecule has 1 aromatic carbocycles. The Labute approximate surface area is 149 Å². The van der Waals surface area contributed by atoms with Gasteiger partial charge in [0.15, 0.2) is 5.82 Å². The number of carbonyl (C=O) groups is 1. The number of nitrogens with one attached hydrogen (secondary N) is 2. The average molecular weight is 369 g/mol. The number of aromatic nitrogens is 4. The number of halogens is 3. The van der Waals surface area contributed by atoms with Crippen LogP contribution in [0, 0.1) is 0 Å². The highest BCUT2D eigenvalue weighted by molar-refractivity contribution is 5.76. The number of tetrazole rings is 1. The second kappa shape index (κ2) is 9.30. The van der Waals surface area contributed by atoms with E-state index in [1.54, 1.807) is 0 Å². The second-order valence-corrected chi connectivity index (χ2v) is 6.15. The van der Waals surface area contributed by atoms with Crippen LogP contribution in [-0.4, -0.2) is 32.6 Å². The predicted octanol–water partition coefficient (Wildman–Crippen LogP) is 3.07. The van der Waals surface area contributed by atoms with E-state index in [4.69, 9.17) is 0 Å². The number of unbranched alkanes of at least 4 members (excludes halogenated alkanes) is 2. The van der Waals surface area contributed by atoms with Gasteiger partial charge in [0.2, 0.25) is 5.91 Å². The van der Waals surface area contributed by atoms with E-state index in [1.165, 1.54) is 12.1 Å². The van der Waals surface area contributed by atoms with Crippen LogP contribution in [-0.2, 0) is 23.8 Å². The van der Waals surface area contributed by atoms with Gasteiger partial charge in [0.05, 0.1) is 5.56 Å². The van der Waals surface area contributed by atoms with Gasteiger partial charge in [-0.1, -0.05) is 37.1 Å². The van der Waals surface area contributed by atoms with E-state index >= 15 is 0 Å². The molecular weight excluding hydrogens is 347 g/mol. The monoisotopic (exact) mass is 369 g/mol. The fraction of sp³-hybridized carbons (Fsp3) is 0.529. The molecule has 1 atom stereocenters. The van der Waals surface area contributed by atoms with Crippen LogP contribution in [0.1, 0.15) is 49.6 Å². The van der Waals surface area contributed by atoms with Gasteiger partial charge in [-0.15, -0.1) is 10.2 Å². The molecule has 26 heavy (non-hydrogen) atoms. The summed E-state index contributed by atoms with van der Waals surface area (Å²) in [5.74, 6) is 0.356. The molecular formula is C17H22F3N5O. The van der Waals surface area contributed by atoms with Gasteiger partial charge in [0.1, 0.15) is 0 Å².